The van der Waals surface area contributed by atoms with Gasteiger partial charge in [-0.2, -0.15) is 5.10 Å². The molecular formula is C17H18F2N4O2. The Balaban J connectivity index is 1.61. The van der Waals surface area contributed by atoms with Crippen molar-refractivity contribution in [1.29, 1.82) is 0 Å². The minimum absolute atomic E-state index is 0.0660. The van der Waals surface area contributed by atoms with Gasteiger partial charge in [-0.15, -0.1) is 0 Å². The average Bonchev–Trinajstić information content (AvgIpc) is 2.59. The number of piperidine rings is 1. The van der Waals surface area contributed by atoms with Gasteiger partial charge in [-0.05, 0) is 30.5 Å². The van der Waals surface area contributed by atoms with Crippen LogP contribution in [0.2, 0.25) is 0 Å². The molecule has 1 fully saturated rings. The summed E-state index contributed by atoms with van der Waals surface area (Å²) in [5.41, 5.74) is 0.753. The maximum Gasteiger partial charge on any atom is 0.266 e. The van der Waals surface area contributed by atoms with Crippen molar-refractivity contribution >= 4 is 11.6 Å². The second-order valence-corrected chi connectivity index (χ2v) is 6.08. The van der Waals surface area contributed by atoms with Crippen molar-refractivity contribution in [2.45, 2.75) is 19.4 Å². The Kier molecular flexibility index (Phi) is 5.06. The number of benzene rings is 1. The fourth-order valence-electron chi connectivity index (χ4n) is 3.01. The molecule has 0 spiro atoms. The molecule has 25 heavy (non-hydrogen) atoms. The minimum atomic E-state index is -0.671. The number of rotatable bonds is 4. The van der Waals surface area contributed by atoms with Gasteiger partial charge in [0.15, 0.2) is 0 Å². The third kappa shape index (κ3) is 4.40. The number of anilines is 1. The van der Waals surface area contributed by atoms with Crippen LogP contribution in [-0.2, 0) is 11.3 Å². The van der Waals surface area contributed by atoms with E-state index >= 15 is 0 Å². The van der Waals surface area contributed by atoms with E-state index in [9.17, 15) is 18.4 Å². The number of aromatic nitrogens is 2. The maximum absolute atomic E-state index is 13.2. The Hall–Kier alpha value is -2.77. The number of hydrogen-bond donors (Lipinski definition) is 2. The fourth-order valence-corrected chi connectivity index (χ4v) is 3.01. The van der Waals surface area contributed by atoms with Crippen molar-refractivity contribution in [1.82, 2.24) is 15.5 Å². The van der Waals surface area contributed by atoms with Crippen LogP contribution in [0.15, 0.2) is 35.3 Å². The highest BCUT2D eigenvalue weighted by atomic mass is 19.1. The van der Waals surface area contributed by atoms with Crippen LogP contribution < -0.4 is 15.8 Å². The van der Waals surface area contributed by atoms with E-state index in [2.05, 4.69) is 15.5 Å². The molecule has 1 aromatic heterocycles. The normalized spacial score (nSPS) is 17.4. The van der Waals surface area contributed by atoms with E-state index in [-0.39, 0.29) is 23.9 Å². The molecule has 1 atom stereocenters. The number of nitrogens with one attached hydrogen (secondary N) is 2. The van der Waals surface area contributed by atoms with Crippen molar-refractivity contribution in [2.24, 2.45) is 5.92 Å². The number of H-pyrrole nitrogens is 1. The molecule has 3 rings (SSSR count). The van der Waals surface area contributed by atoms with E-state index in [1.165, 1.54) is 18.2 Å². The summed E-state index contributed by atoms with van der Waals surface area (Å²) >= 11 is 0. The molecule has 132 valence electrons. The number of carbonyl (C=O) groups is 1. The zero-order chi connectivity index (χ0) is 17.8. The van der Waals surface area contributed by atoms with Gasteiger partial charge in [0, 0.05) is 31.8 Å². The highest BCUT2D eigenvalue weighted by Crippen LogP contribution is 2.21. The van der Waals surface area contributed by atoms with Gasteiger partial charge in [0.25, 0.3) is 5.56 Å². The van der Waals surface area contributed by atoms with Crippen LogP contribution in [-0.4, -0.2) is 29.2 Å². The molecule has 2 aromatic rings. The first kappa shape index (κ1) is 17.1. The molecule has 1 amide bonds. The molecule has 1 saturated heterocycles. The fraction of sp³-hybridized carbons (Fsp3) is 0.353. The van der Waals surface area contributed by atoms with E-state index in [0.29, 0.717) is 17.8 Å². The number of halogens is 2. The summed E-state index contributed by atoms with van der Waals surface area (Å²) in [6, 6.07) is 4.62. The third-order valence-corrected chi connectivity index (χ3v) is 4.20. The standard InChI is InChI=1S/C17H18F2N4O2/c18-13-4-11(5-14(19)6-13)8-20-17(25)12-2-1-3-23(10-12)15-7-16(24)22-21-9-15/h4-7,9,12H,1-3,8,10H2,(H,20,25)(H,22,24). The molecule has 0 bridgehead atoms. The predicted molar refractivity (Wildman–Crippen MR) is 88.0 cm³/mol. The Morgan fingerprint density at radius 3 is 2.76 bits per heavy atom. The molecule has 1 aliphatic rings. The van der Waals surface area contributed by atoms with Crippen molar-refractivity contribution in [3.05, 3.63) is 58.0 Å². The first-order valence-corrected chi connectivity index (χ1v) is 8.03. The van der Waals surface area contributed by atoms with Gasteiger partial charge < -0.3 is 10.2 Å². The number of amides is 1. The second-order valence-electron chi connectivity index (χ2n) is 6.08. The smallest absolute Gasteiger partial charge is 0.266 e. The SMILES string of the molecule is O=C(NCc1cc(F)cc(F)c1)C1CCCN(c2cn[nH]c(=O)c2)C1. The van der Waals surface area contributed by atoms with Gasteiger partial charge in [0.05, 0.1) is 17.8 Å². The van der Waals surface area contributed by atoms with E-state index in [1.807, 2.05) is 4.90 Å². The Morgan fingerprint density at radius 1 is 1.28 bits per heavy atom. The zero-order valence-corrected chi connectivity index (χ0v) is 13.5. The monoisotopic (exact) mass is 348 g/mol. The van der Waals surface area contributed by atoms with Crippen LogP contribution in [0.5, 0.6) is 0 Å². The number of hydrogen-bond acceptors (Lipinski definition) is 4. The van der Waals surface area contributed by atoms with Crippen LogP contribution in [0.4, 0.5) is 14.5 Å². The van der Waals surface area contributed by atoms with Gasteiger partial charge in [-0.3, -0.25) is 9.59 Å². The summed E-state index contributed by atoms with van der Waals surface area (Å²) in [6.45, 7) is 1.27. The van der Waals surface area contributed by atoms with Gasteiger partial charge in [0.2, 0.25) is 5.91 Å². The molecular weight excluding hydrogens is 330 g/mol. The molecule has 2 heterocycles. The predicted octanol–water partition coefficient (Wildman–Crippen LogP) is 1.58. The summed E-state index contributed by atoms with van der Waals surface area (Å²) in [4.78, 5) is 25.7. The Morgan fingerprint density at radius 2 is 2.04 bits per heavy atom. The molecule has 0 saturated carbocycles. The largest absolute Gasteiger partial charge is 0.369 e. The Labute approximate surface area is 142 Å². The van der Waals surface area contributed by atoms with E-state index in [0.717, 1.165) is 25.5 Å². The Bertz CT molecular complexity index is 804. The summed E-state index contributed by atoms with van der Waals surface area (Å²) in [5.74, 6) is -1.77. The molecule has 1 aromatic carbocycles. The lowest BCUT2D eigenvalue weighted by Gasteiger charge is -2.33. The van der Waals surface area contributed by atoms with Crippen molar-refractivity contribution in [3.8, 4) is 0 Å². The summed E-state index contributed by atoms with van der Waals surface area (Å²) in [7, 11) is 0. The molecule has 8 heteroatoms. The lowest BCUT2D eigenvalue weighted by atomic mass is 9.96. The van der Waals surface area contributed by atoms with Crippen molar-refractivity contribution < 1.29 is 13.6 Å². The van der Waals surface area contributed by atoms with E-state index in [4.69, 9.17) is 0 Å². The van der Waals surface area contributed by atoms with Crippen LogP contribution in [0, 0.1) is 17.6 Å². The van der Waals surface area contributed by atoms with Gasteiger partial charge in [-0.1, -0.05) is 0 Å². The maximum atomic E-state index is 13.2. The van der Waals surface area contributed by atoms with Crippen molar-refractivity contribution in [3.63, 3.8) is 0 Å². The topological polar surface area (TPSA) is 78.1 Å². The number of nitrogens with zero attached hydrogens (tertiary/aromatic N) is 2. The molecule has 2 N–H and O–H groups in total. The molecule has 1 unspecified atom stereocenters. The van der Waals surface area contributed by atoms with Gasteiger partial charge >= 0.3 is 0 Å². The highest BCUT2D eigenvalue weighted by molar-refractivity contribution is 5.79. The van der Waals surface area contributed by atoms with Crippen LogP contribution in [0.3, 0.4) is 0 Å². The molecule has 0 radical (unpaired) electrons. The van der Waals surface area contributed by atoms with E-state index < -0.39 is 11.6 Å². The van der Waals surface area contributed by atoms with Crippen LogP contribution >= 0.6 is 0 Å². The number of aromatic amines is 1. The van der Waals surface area contributed by atoms with Crippen molar-refractivity contribution in [2.75, 3.05) is 18.0 Å². The zero-order valence-electron chi connectivity index (χ0n) is 13.5. The van der Waals surface area contributed by atoms with Gasteiger partial charge in [-0.25, -0.2) is 13.9 Å². The minimum Gasteiger partial charge on any atom is -0.369 e. The first-order chi connectivity index (χ1) is 12.0. The van der Waals surface area contributed by atoms with Crippen LogP contribution in [0.25, 0.3) is 0 Å². The summed E-state index contributed by atoms with van der Waals surface area (Å²) in [5, 5.41) is 8.81. The van der Waals surface area contributed by atoms with Gasteiger partial charge in [0.1, 0.15) is 11.6 Å². The average molecular weight is 348 g/mol. The first-order valence-electron chi connectivity index (χ1n) is 8.03. The lowest BCUT2D eigenvalue weighted by molar-refractivity contribution is -0.125. The lowest BCUT2D eigenvalue weighted by Crippen LogP contribution is -2.43. The quantitative estimate of drug-likeness (QED) is 0.879. The third-order valence-electron chi connectivity index (χ3n) is 4.20. The summed E-state index contributed by atoms with van der Waals surface area (Å²) in [6.07, 6.45) is 3.08. The van der Waals surface area contributed by atoms with E-state index in [1.54, 1.807) is 6.20 Å². The highest BCUT2D eigenvalue weighted by Gasteiger charge is 2.26. The molecule has 1 aliphatic heterocycles. The second kappa shape index (κ2) is 7.42. The van der Waals surface area contributed by atoms with Crippen LogP contribution in [0.1, 0.15) is 18.4 Å². The summed E-state index contributed by atoms with van der Waals surface area (Å²) < 4.78 is 26.4. The molecule has 6 nitrogen and oxygen atoms in total. The number of carbonyl (C=O) groups excluding carboxylic acids is 1. The molecule has 0 aliphatic carbocycles.